The van der Waals surface area contributed by atoms with Crippen LogP contribution in [0.4, 0.5) is 0 Å². The summed E-state index contributed by atoms with van der Waals surface area (Å²) in [7, 11) is 0. The Bertz CT molecular complexity index is 350. The second-order valence-electron chi connectivity index (χ2n) is 4.11. The third-order valence-corrected chi connectivity index (χ3v) is 2.55. The molecule has 1 heteroatoms. The van der Waals surface area contributed by atoms with Crippen molar-refractivity contribution in [1.82, 2.24) is 4.98 Å². The lowest BCUT2D eigenvalue weighted by Gasteiger charge is -2.08. The van der Waals surface area contributed by atoms with Crippen molar-refractivity contribution in [2.24, 2.45) is 0 Å². The molecule has 0 spiro atoms. The predicted octanol–water partition coefficient (Wildman–Crippen LogP) is 3.52. The minimum atomic E-state index is 1.02. The third kappa shape index (κ3) is 2.69. The van der Waals surface area contributed by atoms with Crippen LogP contribution in [0.1, 0.15) is 35.9 Å². The van der Waals surface area contributed by atoms with Crippen molar-refractivity contribution in [3.8, 4) is 0 Å². The maximum atomic E-state index is 4.60. The maximum Gasteiger partial charge on any atom is 0.0439 e. The lowest BCUT2D eigenvalue weighted by atomic mass is 10.0. The summed E-state index contributed by atoms with van der Waals surface area (Å²) in [5.74, 6) is 0. The molecule has 76 valence electrons. The number of allylic oxidation sites excluding steroid dienone is 1. The zero-order valence-electron chi connectivity index (χ0n) is 9.65. The molecule has 0 saturated carbocycles. The standard InChI is InChI=1S/C13H19N/c1-9(2)6-7-13-11(4)8-10(3)12(5)14-13/h8H,1,6-7H2,2-5H3. The average Bonchev–Trinajstić information content (AvgIpc) is 2.09. The summed E-state index contributed by atoms with van der Waals surface area (Å²) in [6.07, 6.45) is 2.05. The number of nitrogens with zero attached hydrogens (tertiary/aromatic N) is 1. The van der Waals surface area contributed by atoms with Gasteiger partial charge in [0.05, 0.1) is 0 Å². The van der Waals surface area contributed by atoms with Crippen molar-refractivity contribution >= 4 is 0 Å². The molecular formula is C13H19N. The van der Waals surface area contributed by atoms with Gasteiger partial charge in [-0.15, -0.1) is 6.58 Å². The highest BCUT2D eigenvalue weighted by atomic mass is 14.7. The third-order valence-electron chi connectivity index (χ3n) is 2.55. The van der Waals surface area contributed by atoms with Gasteiger partial charge < -0.3 is 0 Å². The highest BCUT2D eigenvalue weighted by Crippen LogP contribution is 2.14. The van der Waals surface area contributed by atoms with E-state index in [0.717, 1.165) is 18.5 Å². The van der Waals surface area contributed by atoms with Crippen LogP contribution in [0, 0.1) is 20.8 Å². The van der Waals surface area contributed by atoms with Crippen LogP contribution in [0.15, 0.2) is 18.2 Å². The van der Waals surface area contributed by atoms with Crippen molar-refractivity contribution in [3.05, 3.63) is 40.7 Å². The maximum absolute atomic E-state index is 4.60. The zero-order chi connectivity index (χ0) is 10.7. The van der Waals surface area contributed by atoms with Crippen LogP contribution in [-0.2, 0) is 6.42 Å². The van der Waals surface area contributed by atoms with Gasteiger partial charge in [-0.2, -0.15) is 0 Å². The van der Waals surface area contributed by atoms with Crippen molar-refractivity contribution < 1.29 is 0 Å². The lowest BCUT2D eigenvalue weighted by Crippen LogP contribution is -1.99. The van der Waals surface area contributed by atoms with Crippen LogP contribution >= 0.6 is 0 Å². The quantitative estimate of drug-likeness (QED) is 0.663. The summed E-state index contributed by atoms with van der Waals surface area (Å²) in [4.78, 5) is 4.60. The van der Waals surface area contributed by atoms with E-state index in [1.54, 1.807) is 0 Å². The molecule has 1 heterocycles. The zero-order valence-corrected chi connectivity index (χ0v) is 9.65. The van der Waals surface area contributed by atoms with Gasteiger partial charge in [0.2, 0.25) is 0 Å². The first kappa shape index (κ1) is 11.0. The molecule has 0 radical (unpaired) electrons. The number of rotatable bonds is 3. The van der Waals surface area contributed by atoms with E-state index in [1.807, 2.05) is 0 Å². The molecule has 1 rings (SSSR count). The molecule has 1 nitrogen and oxygen atoms in total. The molecule has 0 N–H and O–H groups in total. The van der Waals surface area contributed by atoms with Gasteiger partial charge in [-0.1, -0.05) is 11.6 Å². The highest BCUT2D eigenvalue weighted by Gasteiger charge is 2.03. The van der Waals surface area contributed by atoms with Gasteiger partial charge in [0.15, 0.2) is 0 Å². The Kier molecular flexibility index (Phi) is 3.45. The van der Waals surface area contributed by atoms with E-state index >= 15 is 0 Å². The van der Waals surface area contributed by atoms with E-state index in [4.69, 9.17) is 0 Å². The Morgan fingerprint density at radius 3 is 2.50 bits per heavy atom. The molecule has 1 aromatic heterocycles. The van der Waals surface area contributed by atoms with Gasteiger partial charge in [0.1, 0.15) is 0 Å². The van der Waals surface area contributed by atoms with Crippen LogP contribution in [0.5, 0.6) is 0 Å². The molecule has 0 aliphatic rings. The molecule has 0 aromatic carbocycles. The largest absolute Gasteiger partial charge is 0.258 e. The predicted molar refractivity (Wildman–Crippen MR) is 61.6 cm³/mol. The summed E-state index contributed by atoms with van der Waals surface area (Å²) in [6.45, 7) is 12.3. The fraction of sp³-hybridized carbons (Fsp3) is 0.462. The summed E-state index contributed by atoms with van der Waals surface area (Å²) >= 11 is 0. The Labute approximate surface area is 86.9 Å². The normalized spacial score (nSPS) is 10.3. The van der Waals surface area contributed by atoms with E-state index in [2.05, 4.69) is 45.3 Å². The molecule has 0 aliphatic heterocycles. The average molecular weight is 189 g/mol. The van der Waals surface area contributed by atoms with Gasteiger partial charge in [-0.3, -0.25) is 4.98 Å². The van der Waals surface area contributed by atoms with E-state index < -0.39 is 0 Å². The van der Waals surface area contributed by atoms with Crippen LogP contribution in [0.3, 0.4) is 0 Å². The smallest absolute Gasteiger partial charge is 0.0439 e. The first-order valence-electron chi connectivity index (χ1n) is 5.09. The topological polar surface area (TPSA) is 12.9 Å². The van der Waals surface area contributed by atoms with E-state index in [9.17, 15) is 0 Å². The molecule has 1 aromatic rings. The van der Waals surface area contributed by atoms with Crippen molar-refractivity contribution in [1.29, 1.82) is 0 Å². The van der Waals surface area contributed by atoms with Crippen LogP contribution in [0.2, 0.25) is 0 Å². The molecule has 14 heavy (non-hydrogen) atoms. The van der Waals surface area contributed by atoms with Gasteiger partial charge in [0.25, 0.3) is 0 Å². The van der Waals surface area contributed by atoms with Gasteiger partial charge >= 0.3 is 0 Å². The van der Waals surface area contributed by atoms with E-state index in [1.165, 1.54) is 22.4 Å². The Morgan fingerprint density at radius 2 is 1.93 bits per heavy atom. The summed E-state index contributed by atoms with van der Waals surface area (Å²) in [5, 5.41) is 0. The minimum Gasteiger partial charge on any atom is -0.258 e. The summed E-state index contributed by atoms with van der Waals surface area (Å²) in [5.41, 5.74) is 6.17. The van der Waals surface area contributed by atoms with E-state index in [0.29, 0.717) is 0 Å². The van der Waals surface area contributed by atoms with Crippen LogP contribution in [0.25, 0.3) is 0 Å². The van der Waals surface area contributed by atoms with Gasteiger partial charge in [-0.05, 0) is 51.7 Å². The molecule has 0 amide bonds. The molecule has 0 unspecified atom stereocenters. The molecule has 0 saturated heterocycles. The SMILES string of the molecule is C=C(C)CCc1nc(C)c(C)cc1C. The number of aromatic nitrogens is 1. The van der Waals surface area contributed by atoms with Crippen molar-refractivity contribution in [2.45, 2.75) is 40.5 Å². The number of hydrogen-bond acceptors (Lipinski definition) is 1. The summed E-state index contributed by atoms with van der Waals surface area (Å²) < 4.78 is 0. The molecule has 0 atom stereocenters. The monoisotopic (exact) mass is 189 g/mol. The number of hydrogen-bond donors (Lipinski definition) is 0. The Morgan fingerprint density at radius 1 is 1.29 bits per heavy atom. The van der Waals surface area contributed by atoms with Crippen LogP contribution in [-0.4, -0.2) is 4.98 Å². The molecule has 0 fully saturated rings. The second kappa shape index (κ2) is 4.41. The van der Waals surface area contributed by atoms with Gasteiger partial charge in [0, 0.05) is 11.4 Å². The van der Waals surface area contributed by atoms with Crippen molar-refractivity contribution in [2.75, 3.05) is 0 Å². The first-order valence-corrected chi connectivity index (χ1v) is 5.09. The van der Waals surface area contributed by atoms with Crippen LogP contribution < -0.4 is 0 Å². The highest BCUT2D eigenvalue weighted by molar-refractivity contribution is 5.28. The first-order chi connectivity index (χ1) is 6.50. The van der Waals surface area contributed by atoms with Crippen molar-refractivity contribution in [3.63, 3.8) is 0 Å². The second-order valence-corrected chi connectivity index (χ2v) is 4.11. The lowest BCUT2D eigenvalue weighted by molar-refractivity contribution is 0.876. The Balaban J connectivity index is 2.87. The molecule has 0 aliphatic carbocycles. The van der Waals surface area contributed by atoms with Gasteiger partial charge in [-0.25, -0.2) is 0 Å². The molecular weight excluding hydrogens is 170 g/mol. The summed E-state index contributed by atoms with van der Waals surface area (Å²) in [6, 6.07) is 2.22. The fourth-order valence-corrected chi connectivity index (χ4v) is 1.48. The number of aryl methyl sites for hydroxylation is 4. The molecule has 0 bridgehead atoms. The Hall–Kier alpha value is -1.11. The minimum absolute atomic E-state index is 1.02. The fourth-order valence-electron chi connectivity index (χ4n) is 1.48. The number of pyridine rings is 1. The van der Waals surface area contributed by atoms with E-state index in [-0.39, 0.29) is 0 Å².